The number of piperazine rings is 1. The highest BCUT2D eigenvalue weighted by molar-refractivity contribution is 9.10. The van der Waals surface area contributed by atoms with Gasteiger partial charge >= 0.3 is 0 Å². The molecule has 0 radical (unpaired) electrons. The molecule has 0 bridgehead atoms. The number of aryl methyl sites for hydroxylation is 1. The van der Waals surface area contributed by atoms with Crippen molar-refractivity contribution >= 4 is 103 Å². The molecule has 8 heterocycles. The summed E-state index contributed by atoms with van der Waals surface area (Å²) in [5.41, 5.74) is 6.63. The number of ether oxygens (including phenoxy) is 1. The number of rotatable bonds is 13. The summed E-state index contributed by atoms with van der Waals surface area (Å²) in [6, 6.07) is 12.3. The third-order valence-electron chi connectivity index (χ3n) is 15.0. The zero-order chi connectivity index (χ0) is 52.3. The summed E-state index contributed by atoms with van der Waals surface area (Å²) >= 11 is 3.59. The van der Waals surface area contributed by atoms with Crippen LogP contribution in [0.3, 0.4) is 0 Å². The largest absolute Gasteiger partial charge is 0.494 e. The lowest BCUT2D eigenvalue weighted by atomic mass is 9.91. The van der Waals surface area contributed by atoms with Crippen molar-refractivity contribution in [1.82, 2.24) is 49.7 Å². The van der Waals surface area contributed by atoms with E-state index in [-0.39, 0.29) is 29.9 Å². The van der Waals surface area contributed by atoms with Crippen LogP contribution in [-0.4, -0.2) is 159 Å². The molecule has 0 saturated carbocycles. The summed E-state index contributed by atoms with van der Waals surface area (Å²) in [7, 11) is 0.670. The molecule has 75 heavy (non-hydrogen) atoms. The van der Waals surface area contributed by atoms with Crippen LogP contribution in [0.5, 0.6) is 5.75 Å². The number of methoxy groups -OCH3 is 1. The molecule has 5 aliphatic heterocycles. The summed E-state index contributed by atoms with van der Waals surface area (Å²) in [5, 5.41) is 14.1. The summed E-state index contributed by atoms with van der Waals surface area (Å²) in [5.74, 6) is -0.239. The molecule has 6 aromatic rings. The van der Waals surface area contributed by atoms with Gasteiger partial charge in [0.1, 0.15) is 30.3 Å². The highest BCUT2D eigenvalue weighted by Gasteiger charge is 2.45. The van der Waals surface area contributed by atoms with Gasteiger partial charge in [-0.05, 0) is 104 Å². The zero-order valence-corrected chi connectivity index (χ0v) is 44.4. The number of nitrogens with one attached hydrogen (secondary N) is 3. The first kappa shape index (κ1) is 49.9. The van der Waals surface area contributed by atoms with Crippen molar-refractivity contribution in [3.8, 4) is 16.9 Å². The summed E-state index contributed by atoms with van der Waals surface area (Å²) in [6.07, 6.45) is 11.2. The molecule has 3 aromatic carbocycles. The Morgan fingerprint density at radius 3 is 2.32 bits per heavy atom. The number of amides is 5. The molecule has 0 aliphatic carbocycles. The van der Waals surface area contributed by atoms with E-state index in [0.29, 0.717) is 94.3 Å². The van der Waals surface area contributed by atoms with E-state index in [2.05, 4.69) is 66.6 Å². The fourth-order valence-corrected chi connectivity index (χ4v) is 12.7. The molecule has 4 saturated heterocycles. The monoisotopic (exact) mass is 1100 g/mol. The Kier molecular flexibility index (Phi) is 13.4. The molecule has 11 rings (SSSR count). The van der Waals surface area contributed by atoms with Gasteiger partial charge in [0.25, 0.3) is 11.8 Å². The number of imide groups is 2. The molecule has 388 valence electrons. The molecule has 3 N–H and O–H groups in total. The van der Waals surface area contributed by atoms with E-state index in [1.54, 1.807) is 55.8 Å². The van der Waals surface area contributed by atoms with E-state index in [9.17, 15) is 28.5 Å². The first-order valence-corrected chi connectivity index (χ1v) is 28.4. The highest BCUT2D eigenvalue weighted by atomic mass is 79.9. The predicted molar refractivity (Wildman–Crippen MR) is 287 cm³/mol. The molecule has 3 aromatic heterocycles. The lowest BCUT2D eigenvalue weighted by molar-refractivity contribution is -0.136. The Morgan fingerprint density at radius 2 is 1.60 bits per heavy atom. The Hall–Kier alpha value is -7.29. The first-order chi connectivity index (χ1) is 36.1. The normalized spacial score (nSPS) is 18.9. The number of benzene rings is 3. The second kappa shape index (κ2) is 20.1. The fraction of sp³-hybridized carbons (Fsp3) is 0.385. The van der Waals surface area contributed by atoms with Crippen molar-refractivity contribution in [2.24, 2.45) is 13.0 Å². The van der Waals surface area contributed by atoms with Gasteiger partial charge in [0.15, 0.2) is 0 Å². The molecule has 5 amide bonds. The number of aromatic nitrogens is 6. The minimum atomic E-state index is -2.83. The van der Waals surface area contributed by atoms with Gasteiger partial charge in [-0.1, -0.05) is 0 Å². The van der Waals surface area contributed by atoms with Gasteiger partial charge in [0.2, 0.25) is 23.7 Å². The van der Waals surface area contributed by atoms with Crippen molar-refractivity contribution in [2.75, 3.05) is 93.2 Å². The summed E-state index contributed by atoms with van der Waals surface area (Å²) in [4.78, 5) is 93.0. The second-order valence-electron chi connectivity index (χ2n) is 20.1. The van der Waals surface area contributed by atoms with Crippen LogP contribution in [0.25, 0.3) is 22.2 Å². The number of hydrogen-bond acceptors (Lipinski definition) is 17. The molecule has 21 nitrogen and oxygen atoms in total. The lowest BCUT2D eigenvalue weighted by Gasteiger charge is -2.48. The molecular weight excluding hydrogens is 1040 g/mol. The highest BCUT2D eigenvalue weighted by Crippen LogP contribution is 2.43. The molecule has 5 aliphatic rings. The lowest BCUT2D eigenvalue weighted by Crippen LogP contribution is -2.61. The molecule has 1 atom stereocenters. The molecule has 23 heteroatoms. The maximum Gasteiger partial charge on any atom is 0.262 e. The fourth-order valence-electron chi connectivity index (χ4n) is 11.0. The van der Waals surface area contributed by atoms with Crippen LogP contribution >= 0.6 is 23.1 Å². The molecule has 1 unspecified atom stereocenters. The Morgan fingerprint density at radius 1 is 0.840 bits per heavy atom. The van der Waals surface area contributed by atoms with E-state index < -0.39 is 36.8 Å². The maximum absolute atomic E-state index is 13.9. The number of hydrogen-bond donors (Lipinski definition) is 3. The van der Waals surface area contributed by atoms with Gasteiger partial charge in [0.05, 0.1) is 51.1 Å². The Balaban J connectivity index is 0.700. The topological polar surface area (TPSA) is 233 Å². The van der Waals surface area contributed by atoms with Crippen LogP contribution in [-0.2, 0) is 26.0 Å². The van der Waals surface area contributed by atoms with Crippen LogP contribution < -0.4 is 35.8 Å². The van der Waals surface area contributed by atoms with Gasteiger partial charge in [-0.3, -0.25) is 53.7 Å². The quantitative estimate of drug-likeness (QED) is 0.0975. The van der Waals surface area contributed by atoms with Crippen molar-refractivity contribution in [2.45, 2.75) is 44.2 Å². The maximum atomic E-state index is 13.9. The number of likely N-dealkylation sites (tertiary alicyclic amines) is 1. The second-order valence-corrected chi connectivity index (χ2v) is 24.1. The third kappa shape index (κ3) is 9.81. The van der Waals surface area contributed by atoms with Gasteiger partial charge in [-0.2, -0.15) is 10.1 Å². The predicted octanol–water partition coefficient (Wildman–Crippen LogP) is 5.37. The minimum absolute atomic E-state index is 0.0749. The summed E-state index contributed by atoms with van der Waals surface area (Å²) < 4.78 is 22.0. The number of anilines is 6. The van der Waals surface area contributed by atoms with Gasteiger partial charge < -0.3 is 34.6 Å². The zero-order valence-electron chi connectivity index (χ0n) is 42.0. The standard InChI is InChI=1S/C52H56BrN14O7P/c1-62-27-31(25-57-62)35-23-40(59-52-56-26-37(53)48(61-52)58-39-8-7-38-46(55-14-13-54-38)47(39)75(3,4)73)43(74-2)24-42(35)64-17-19-65(20-18-64)45(69)21-30-11-15-63(16-12-30)33-28-66(29-33)32-5-6-34-36(22-32)51(72)67(50(34)71)41-9-10-44(68)60-49(41)70/h5-8,13-14,22-27,30,33,41H,9-12,15-21,28-29H2,1-4H3,(H,60,68,70)(H2,56,58,59,61). The third-order valence-corrected chi connectivity index (χ3v) is 17.1. The van der Waals surface area contributed by atoms with Gasteiger partial charge in [-0.15, -0.1) is 0 Å². The SMILES string of the molecule is COc1cc(N2CCN(C(=O)CC3CCN(C4CN(c5ccc6c(c5)C(=O)N(C5CCC(=O)NC5=O)C6=O)C4)CC3)CC2)c(-c2cnn(C)c2)cc1Nc1ncc(Br)c(Nc2ccc3nccnc3c2P(C)(C)=O)n1. The van der Waals surface area contributed by atoms with E-state index in [1.165, 1.54) is 0 Å². The number of fused-ring (bicyclic) bond motifs is 2. The molecular formula is C52H56BrN14O7P. The van der Waals surface area contributed by atoms with E-state index in [4.69, 9.17) is 9.72 Å². The van der Waals surface area contributed by atoms with Crippen LogP contribution in [0, 0.1) is 5.92 Å². The number of carbonyl (C=O) groups excluding carboxylic acids is 5. The van der Waals surface area contributed by atoms with Gasteiger partial charge in [0, 0.05) is 119 Å². The van der Waals surface area contributed by atoms with Crippen LogP contribution in [0.15, 0.2) is 77.9 Å². The van der Waals surface area contributed by atoms with Crippen molar-refractivity contribution < 1.29 is 33.3 Å². The number of carbonyl (C=O) groups is 5. The Bertz CT molecular complexity index is 3350. The number of nitrogens with zero attached hydrogens (tertiary/aromatic N) is 11. The summed E-state index contributed by atoms with van der Waals surface area (Å²) in [6.45, 7) is 9.23. The van der Waals surface area contributed by atoms with Crippen molar-refractivity contribution in [3.63, 3.8) is 0 Å². The number of piperidine rings is 2. The van der Waals surface area contributed by atoms with Crippen molar-refractivity contribution in [3.05, 3.63) is 89.0 Å². The number of halogens is 1. The molecule has 4 fully saturated rings. The van der Waals surface area contributed by atoms with Crippen LogP contribution in [0.4, 0.5) is 34.5 Å². The smallest absolute Gasteiger partial charge is 0.262 e. The minimum Gasteiger partial charge on any atom is -0.494 e. The van der Waals surface area contributed by atoms with E-state index in [1.807, 2.05) is 54.7 Å². The van der Waals surface area contributed by atoms with E-state index >= 15 is 0 Å². The van der Waals surface area contributed by atoms with Crippen LogP contribution in [0.1, 0.15) is 52.8 Å². The van der Waals surface area contributed by atoms with Crippen molar-refractivity contribution in [1.29, 1.82) is 0 Å². The Labute approximate surface area is 440 Å². The molecule has 0 spiro atoms. The van der Waals surface area contributed by atoms with E-state index in [0.717, 1.165) is 66.4 Å². The average Bonchev–Trinajstić information content (AvgIpc) is 3.93. The average molecular weight is 1100 g/mol. The van der Waals surface area contributed by atoms with Gasteiger partial charge in [-0.25, -0.2) is 4.98 Å². The first-order valence-electron chi connectivity index (χ1n) is 25.0. The van der Waals surface area contributed by atoms with Crippen LogP contribution in [0.2, 0.25) is 0 Å².